The molecular weight excluding hydrogens is 354 g/mol. The molecule has 1 heterocycles. The first-order chi connectivity index (χ1) is 13.6. The zero-order valence-electron chi connectivity index (χ0n) is 16.9. The van der Waals surface area contributed by atoms with Crippen LogP contribution in [0.2, 0.25) is 0 Å². The molecule has 1 fully saturated rings. The van der Waals surface area contributed by atoms with Gasteiger partial charge in [0.25, 0.3) is 0 Å². The summed E-state index contributed by atoms with van der Waals surface area (Å²) in [5, 5.41) is 0. The lowest BCUT2D eigenvalue weighted by Gasteiger charge is -2.32. The van der Waals surface area contributed by atoms with Crippen LogP contribution in [0.5, 0.6) is 17.2 Å². The Hall–Kier alpha value is -2.69. The van der Waals surface area contributed by atoms with E-state index in [1.807, 2.05) is 35.2 Å². The number of methoxy groups -OCH3 is 2. The quantitative estimate of drug-likeness (QED) is 0.728. The van der Waals surface area contributed by atoms with Gasteiger partial charge in [0.15, 0.2) is 11.5 Å². The van der Waals surface area contributed by atoms with Gasteiger partial charge in [-0.15, -0.1) is 0 Å². The highest BCUT2D eigenvalue weighted by Crippen LogP contribution is 2.28. The number of likely N-dealkylation sites (tertiary alicyclic amines) is 1. The van der Waals surface area contributed by atoms with Crippen molar-refractivity contribution in [1.29, 1.82) is 0 Å². The fraction of sp³-hybridized carbons (Fsp3) is 0.435. The summed E-state index contributed by atoms with van der Waals surface area (Å²) in [5.74, 6) is 2.38. The third-order valence-electron chi connectivity index (χ3n) is 5.21. The summed E-state index contributed by atoms with van der Waals surface area (Å²) < 4.78 is 16.7. The van der Waals surface area contributed by atoms with E-state index in [1.54, 1.807) is 14.2 Å². The van der Waals surface area contributed by atoms with Gasteiger partial charge in [0.2, 0.25) is 5.91 Å². The first-order valence-corrected chi connectivity index (χ1v) is 9.87. The molecule has 0 spiro atoms. The number of carbonyl (C=O) groups is 1. The van der Waals surface area contributed by atoms with Crippen LogP contribution in [0.3, 0.4) is 0 Å². The largest absolute Gasteiger partial charge is 0.493 e. The molecule has 1 aliphatic rings. The minimum atomic E-state index is 0.138. The number of carbonyl (C=O) groups excluding carboxylic acids is 1. The monoisotopic (exact) mass is 383 g/mol. The van der Waals surface area contributed by atoms with E-state index >= 15 is 0 Å². The Bertz CT molecular complexity index is 797. The van der Waals surface area contributed by atoms with E-state index in [0.29, 0.717) is 17.9 Å². The fourth-order valence-corrected chi connectivity index (χ4v) is 3.53. The topological polar surface area (TPSA) is 48.0 Å². The Morgan fingerprint density at radius 2 is 1.75 bits per heavy atom. The first-order valence-electron chi connectivity index (χ1n) is 9.87. The van der Waals surface area contributed by atoms with E-state index in [2.05, 4.69) is 19.1 Å². The predicted molar refractivity (Wildman–Crippen MR) is 109 cm³/mol. The van der Waals surface area contributed by atoms with E-state index in [9.17, 15) is 4.79 Å². The molecule has 150 valence electrons. The van der Waals surface area contributed by atoms with Gasteiger partial charge in [-0.25, -0.2) is 0 Å². The molecule has 0 radical (unpaired) electrons. The van der Waals surface area contributed by atoms with Crippen molar-refractivity contribution in [2.24, 2.45) is 0 Å². The van der Waals surface area contributed by atoms with Gasteiger partial charge >= 0.3 is 0 Å². The minimum absolute atomic E-state index is 0.138. The normalized spacial score (nSPS) is 14.6. The second-order valence-electron chi connectivity index (χ2n) is 7.07. The van der Waals surface area contributed by atoms with Crippen LogP contribution in [0, 0.1) is 0 Å². The van der Waals surface area contributed by atoms with Gasteiger partial charge in [-0.05, 0) is 41.8 Å². The summed E-state index contributed by atoms with van der Waals surface area (Å²) >= 11 is 0. The molecule has 0 bridgehead atoms. The van der Waals surface area contributed by atoms with Gasteiger partial charge in [0.1, 0.15) is 11.9 Å². The van der Waals surface area contributed by atoms with Gasteiger partial charge in [-0.2, -0.15) is 0 Å². The summed E-state index contributed by atoms with van der Waals surface area (Å²) in [6.45, 7) is 3.59. The average molecular weight is 383 g/mol. The van der Waals surface area contributed by atoms with Crippen LogP contribution in [-0.2, 0) is 17.6 Å². The first kappa shape index (κ1) is 20.1. The number of amides is 1. The van der Waals surface area contributed by atoms with E-state index < -0.39 is 0 Å². The highest BCUT2D eigenvalue weighted by atomic mass is 16.5. The fourth-order valence-electron chi connectivity index (χ4n) is 3.53. The van der Waals surface area contributed by atoms with Gasteiger partial charge in [0, 0.05) is 25.9 Å². The van der Waals surface area contributed by atoms with Crippen molar-refractivity contribution in [2.75, 3.05) is 27.3 Å². The lowest BCUT2D eigenvalue weighted by Crippen LogP contribution is -2.42. The molecule has 28 heavy (non-hydrogen) atoms. The number of hydrogen-bond acceptors (Lipinski definition) is 4. The number of piperidine rings is 1. The highest BCUT2D eigenvalue weighted by molar-refractivity contribution is 5.79. The zero-order valence-corrected chi connectivity index (χ0v) is 16.9. The molecule has 0 unspecified atom stereocenters. The molecule has 5 heteroatoms. The van der Waals surface area contributed by atoms with Gasteiger partial charge < -0.3 is 19.1 Å². The van der Waals surface area contributed by atoms with E-state index in [-0.39, 0.29) is 12.0 Å². The lowest BCUT2D eigenvalue weighted by molar-refractivity contribution is -0.132. The van der Waals surface area contributed by atoms with Crippen molar-refractivity contribution in [3.05, 3.63) is 53.6 Å². The van der Waals surface area contributed by atoms with Crippen molar-refractivity contribution in [2.45, 2.75) is 38.7 Å². The number of ether oxygens (including phenoxy) is 3. The second-order valence-corrected chi connectivity index (χ2v) is 7.07. The molecule has 0 aliphatic carbocycles. The average Bonchev–Trinajstić information content (AvgIpc) is 2.74. The van der Waals surface area contributed by atoms with Crippen molar-refractivity contribution in [3.63, 3.8) is 0 Å². The van der Waals surface area contributed by atoms with Gasteiger partial charge in [-0.3, -0.25) is 4.79 Å². The molecular formula is C23H29NO4. The van der Waals surface area contributed by atoms with Gasteiger partial charge in [-0.1, -0.05) is 25.1 Å². The van der Waals surface area contributed by atoms with Crippen LogP contribution in [0.4, 0.5) is 0 Å². The smallest absolute Gasteiger partial charge is 0.226 e. The summed E-state index contributed by atoms with van der Waals surface area (Å²) in [7, 11) is 3.21. The molecule has 1 saturated heterocycles. The van der Waals surface area contributed by atoms with E-state index in [4.69, 9.17) is 14.2 Å². The molecule has 0 atom stereocenters. The Labute approximate surface area is 167 Å². The van der Waals surface area contributed by atoms with Crippen LogP contribution in [0.1, 0.15) is 30.9 Å². The van der Waals surface area contributed by atoms with Crippen molar-refractivity contribution in [1.82, 2.24) is 4.90 Å². The van der Waals surface area contributed by atoms with Crippen LogP contribution >= 0.6 is 0 Å². The Kier molecular flexibility index (Phi) is 6.80. The summed E-state index contributed by atoms with van der Waals surface area (Å²) in [4.78, 5) is 14.6. The maximum absolute atomic E-state index is 12.7. The molecule has 1 amide bonds. The molecule has 3 rings (SSSR count). The van der Waals surface area contributed by atoms with Crippen LogP contribution in [-0.4, -0.2) is 44.2 Å². The lowest BCUT2D eigenvalue weighted by atomic mass is 10.1. The molecule has 0 saturated carbocycles. The number of aryl methyl sites for hydroxylation is 1. The number of nitrogens with zero attached hydrogens (tertiary/aromatic N) is 1. The molecule has 5 nitrogen and oxygen atoms in total. The number of rotatable bonds is 7. The maximum Gasteiger partial charge on any atom is 0.226 e. The summed E-state index contributed by atoms with van der Waals surface area (Å²) in [5.41, 5.74) is 2.21. The predicted octanol–water partition coefficient (Wildman–Crippen LogP) is 3.88. The third kappa shape index (κ3) is 4.97. The Morgan fingerprint density at radius 1 is 1.00 bits per heavy atom. The second kappa shape index (κ2) is 9.49. The molecule has 0 aromatic heterocycles. The maximum atomic E-state index is 12.7. The third-order valence-corrected chi connectivity index (χ3v) is 5.21. The van der Waals surface area contributed by atoms with E-state index in [1.165, 1.54) is 5.56 Å². The molecule has 1 aliphatic heterocycles. The van der Waals surface area contributed by atoms with Crippen molar-refractivity contribution in [3.8, 4) is 17.2 Å². The standard InChI is InChI=1S/C23H29NO4/c1-4-17-6-5-7-20(14-17)28-19-10-12-24(13-11-19)23(25)16-18-8-9-21(26-2)22(15-18)27-3/h5-9,14-15,19H,4,10-13,16H2,1-3H3. The van der Waals surface area contributed by atoms with Crippen molar-refractivity contribution < 1.29 is 19.0 Å². The summed E-state index contributed by atoms with van der Waals surface area (Å²) in [6, 6.07) is 13.9. The number of benzene rings is 2. The zero-order chi connectivity index (χ0) is 19.9. The van der Waals surface area contributed by atoms with E-state index in [0.717, 1.165) is 43.7 Å². The van der Waals surface area contributed by atoms with Gasteiger partial charge in [0.05, 0.1) is 20.6 Å². The molecule has 0 N–H and O–H groups in total. The van der Waals surface area contributed by atoms with Crippen LogP contribution < -0.4 is 14.2 Å². The summed E-state index contributed by atoms with van der Waals surface area (Å²) in [6.07, 6.45) is 3.24. The van der Waals surface area contributed by atoms with Crippen LogP contribution in [0.15, 0.2) is 42.5 Å². The SMILES string of the molecule is CCc1cccc(OC2CCN(C(=O)Cc3ccc(OC)c(OC)c3)CC2)c1. The van der Waals surface area contributed by atoms with Crippen molar-refractivity contribution >= 4 is 5.91 Å². The van der Waals surface area contributed by atoms with Crippen LogP contribution in [0.25, 0.3) is 0 Å². The Morgan fingerprint density at radius 3 is 2.43 bits per heavy atom. The Balaban J connectivity index is 1.52. The molecule has 2 aromatic rings. The minimum Gasteiger partial charge on any atom is -0.493 e. The number of hydrogen-bond donors (Lipinski definition) is 0. The molecule has 2 aromatic carbocycles. The highest BCUT2D eigenvalue weighted by Gasteiger charge is 2.24.